The van der Waals surface area contributed by atoms with Gasteiger partial charge in [-0.25, -0.2) is 0 Å². The number of anilines is 2. The van der Waals surface area contributed by atoms with E-state index in [1.807, 2.05) is 42.7 Å². The molecule has 36 heavy (non-hydrogen) atoms. The van der Waals surface area contributed by atoms with Crippen LogP contribution in [0, 0.1) is 0 Å². The lowest BCUT2D eigenvalue weighted by atomic mass is 9.92. The second-order valence-electron chi connectivity index (χ2n) is 9.21. The van der Waals surface area contributed by atoms with Crippen LogP contribution in [0.5, 0.6) is 0 Å². The van der Waals surface area contributed by atoms with E-state index >= 15 is 0 Å². The molecule has 8 heteroatoms. The van der Waals surface area contributed by atoms with E-state index in [0.29, 0.717) is 23.3 Å². The van der Waals surface area contributed by atoms with E-state index < -0.39 is 5.91 Å². The van der Waals surface area contributed by atoms with Crippen LogP contribution in [0.1, 0.15) is 15.9 Å². The number of rotatable bonds is 7. The second-order valence-corrected chi connectivity index (χ2v) is 9.21. The van der Waals surface area contributed by atoms with E-state index in [0.717, 1.165) is 49.5 Å². The lowest BCUT2D eigenvalue weighted by molar-refractivity contribution is -0.114. The summed E-state index contributed by atoms with van der Waals surface area (Å²) in [7, 11) is 3.83. The van der Waals surface area contributed by atoms with Crippen molar-refractivity contribution in [2.45, 2.75) is 6.54 Å². The SMILES string of the molecule is COCCn1ccc(-c2ccc3c(c2)C(=CNc2ccc(N4CCN(C)CC4)cc2)C(=O)NC3=O)c1. The van der Waals surface area contributed by atoms with Crippen LogP contribution < -0.4 is 15.5 Å². The zero-order chi connectivity index (χ0) is 25.1. The van der Waals surface area contributed by atoms with Crippen molar-refractivity contribution in [1.82, 2.24) is 14.8 Å². The number of hydrogen-bond acceptors (Lipinski definition) is 6. The van der Waals surface area contributed by atoms with Gasteiger partial charge in [-0.1, -0.05) is 6.07 Å². The zero-order valence-corrected chi connectivity index (χ0v) is 20.7. The molecule has 3 aromatic rings. The van der Waals surface area contributed by atoms with Gasteiger partial charge in [0.1, 0.15) is 0 Å². The van der Waals surface area contributed by atoms with E-state index in [9.17, 15) is 9.59 Å². The van der Waals surface area contributed by atoms with Gasteiger partial charge in [-0.2, -0.15) is 0 Å². The third-order valence-electron chi connectivity index (χ3n) is 6.78. The van der Waals surface area contributed by atoms with Crippen LogP contribution in [0.4, 0.5) is 11.4 Å². The number of aromatic nitrogens is 1. The molecule has 1 fully saturated rings. The van der Waals surface area contributed by atoms with Gasteiger partial charge in [0, 0.05) is 80.9 Å². The number of piperazine rings is 1. The Kier molecular flexibility index (Phi) is 6.88. The molecule has 0 bridgehead atoms. The number of hydrogen-bond donors (Lipinski definition) is 2. The molecular weight excluding hydrogens is 454 g/mol. The quantitative estimate of drug-likeness (QED) is 0.395. The number of likely N-dealkylation sites (N-methyl/N-ethyl adjacent to an activating group) is 1. The molecule has 3 heterocycles. The predicted octanol–water partition coefficient (Wildman–Crippen LogP) is 3.28. The minimum absolute atomic E-state index is 0.382. The lowest BCUT2D eigenvalue weighted by Crippen LogP contribution is -2.44. The number of imide groups is 1. The standard InChI is InChI=1S/C28H31N5O3/c1-31-11-13-33(14-12-31)23-6-4-22(5-7-23)29-18-26-25-17-20(3-8-24(25)27(34)30-28(26)35)21-9-10-32(19-21)15-16-36-2/h3-10,17-19,29H,11-16H2,1-2H3,(H,30,34,35). The smallest absolute Gasteiger partial charge is 0.260 e. The van der Waals surface area contributed by atoms with Gasteiger partial charge in [0.25, 0.3) is 11.8 Å². The molecule has 0 radical (unpaired) electrons. The number of nitrogens with one attached hydrogen (secondary N) is 2. The van der Waals surface area contributed by atoms with E-state index in [2.05, 4.69) is 44.2 Å². The fourth-order valence-corrected chi connectivity index (χ4v) is 4.58. The normalized spacial score (nSPS) is 17.3. The molecule has 2 aromatic carbocycles. The number of fused-ring (bicyclic) bond motifs is 1. The van der Waals surface area contributed by atoms with Crippen LogP contribution in [-0.4, -0.2) is 68.2 Å². The Morgan fingerprint density at radius 3 is 2.47 bits per heavy atom. The topological polar surface area (TPSA) is 78.8 Å². The maximum atomic E-state index is 12.8. The average molecular weight is 486 g/mol. The minimum atomic E-state index is -0.413. The maximum Gasteiger partial charge on any atom is 0.260 e. The Bertz CT molecular complexity index is 1290. The molecule has 5 rings (SSSR count). The van der Waals surface area contributed by atoms with Crippen molar-refractivity contribution in [3.05, 3.63) is 78.3 Å². The first-order valence-corrected chi connectivity index (χ1v) is 12.2. The van der Waals surface area contributed by atoms with E-state index in [-0.39, 0.29) is 5.91 Å². The number of benzene rings is 2. The van der Waals surface area contributed by atoms with E-state index in [1.54, 1.807) is 19.4 Å². The molecular formula is C28H31N5O3. The van der Waals surface area contributed by atoms with Crippen LogP contribution in [0.3, 0.4) is 0 Å². The van der Waals surface area contributed by atoms with Gasteiger partial charge in [0.05, 0.1) is 12.2 Å². The largest absolute Gasteiger partial charge is 0.383 e. The Hall–Kier alpha value is -3.88. The van der Waals surface area contributed by atoms with Crippen LogP contribution in [0.25, 0.3) is 16.7 Å². The number of amides is 2. The molecule has 8 nitrogen and oxygen atoms in total. The summed E-state index contributed by atoms with van der Waals surface area (Å²) in [6.07, 6.45) is 5.71. The second kappa shape index (κ2) is 10.4. The molecule has 1 saturated heterocycles. The number of nitrogens with zero attached hydrogens (tertiary/aromatic N) is 3. The number of methoxy groups -OCH3 is 1. The van der Waals surface area contributed by atoms with Crippen LogP contribution in [-0.2, 0) is 16.1 Å². The molecule has 2 amide bonds. The van der Waals surface area contributed by atoms with E-state index in [1.165, 1.54) is 5.69 Å². The highest BCUT2D eigenvalue weighted by molar-refractivity contribution is 6.31. The molecule has 0 aliphatic carbocycles. The number of carbonyl (C=O) groups is 2. The summed E-state index contributed by atoms with van der Waals surface area (Å²) in [6.45, 7) is 5.51. The van der Waals surface area contributed by atoms with Gasteiger partial charge in [-0.05, 0) is 60.6 Å². The molecule has 2 aliphatic heterocycles. The summed E-state index contributed by atoms with van der Waals surface area (Å²) >= 11 is 0. The average Bonchev–Trinajstić information content (AvgIpc) is 3.37. The van der Waals surface area contributed by atoms with Gasteiger partial charge < -0.3 is 24.4 Å². The van der Waals surface area contributed by atoms with E-state index in [4.69, 9.17) is 4.74 Å². The van der Waals surface area contributed by atoms with Crippen molar-refractivity contribution in [3.63, 3.8) is 0 Å². The fourth-order valence-electron chi connectivity index (χ4n) is 4.58. The van der Waals surface area contributed by atoms with Gasteiger partial charge >= 0.3 is 0 Å². The highest BCUT2D eigenvalue weighted by Crippen LogP contribution is 2.30. The molecule has 2 N–H and O–H groups in total. The number of ether oxygens (including phenoxy) is 1. The Morgan fingerprint density at radius 1 is 0.944 bits per heavy atom. The molecule has 0 atom stereocenters. The summed E-state index contributed by atoms with van der Waals surface area (Å²) < 4.78 is 7.21. The highest BCUT2D eigenvalue weighted by atomic mass is 16.5. The Labute approximate surface area is 211 Å². The van der Waals surface area contributed by atoms with Gasteiger partial charge in [0.15, 0.2) is 0 Å². The summed E-state index contributed by atoms with van der Waals surface area (Å²) in [5.74, 6) is -0.795. The van der Waals surface area contributed by atoms with Crippen LogP contribution in [0.15, 0.2) is 67.1 Å². The number of carbonyl (C=O) groups excluding carboxylic acids is 2. The third kappa shape index (κ3) is 5.05. The summed E-state index contributed by atoms with van der Waals surface area (Å²) in [4.78, 5) is 30.0. The van der Waals surface area contributed by atoms with Crippen LogP contribution in [0.2, 0.25) is 0 Å². The predicted molar refractivity (Wildman–Crippen MR) is 142 cm³/mol. The van der Waals surface area contributed by atoms with Crippen LogP contribution >= 0.6 is 0 Å². The van der Waals surface area contributed by atoms with Gasteiger partial charge in [-0.15, -0.1) is 0 Å². The zero-order valence-electron chi connectivity index (χ0n) is 20.7. The first-order chi connectivity index (χ1) is 17.5. The Morgan fingerprint density at radius 2 is 1.72 bits per heavy atom. The summed E-state index contributed by atoms with van der Waals surface area (Å²) in [6, 6.07) is 15.8. The summed E-state index contributed by atoms with van der Waals surface area (Å²) in [5.41, 5.74) is 5.54. The van der Waals surface area contributed by atoms with Crippen molar-refractivity contribution in [2.24, 2.45) is 0 Å². The van der Waals surface area contributed by atoms with Crippen molar-refractivity contribution >= 4 is 28.8 Å². The first-order valence-electron chi connectivity index (χ1n) is 12.2. The highest BCUT2D eigenvalue weighted by Gasteiger charge is 2.27. The molecule has 0 spiro atoms. The molecule has 186 valence electrons. The van der Waals surface area contributed by atoms with Gasteiger partial charge in [-0.3, -0.25) is 14.9 Å². The molecule has 1 aromatic heterocycles. The van der Waals surface area contributed by atoms with Crippen molar-refractivity contribution in [1.29, 1.82) is 0 Å². The fraction of sp³-hybridized carbons (Fsp3) is 0.286. The lowest BCUT2D eigenvalue weighted by Gasteiger charge is -2.34. The molecule has 0 saturated carbocycles. The summed E-state index contributed by atoms with van der Waals surface area (Å²) in [5, 5.41) is 5.69. The van der Waals surface area contributed by atoms with Crippen molar-refractivity contribution in [2.75, 3.05) is 57.2 Å². The van der Waals surface area contributed by atoms with Gasteiger partial charge in [0.2, 0.25) is 0 Å². The Balaban J connectivity index is 1.37. The molecule has 2 aliphatic rings. The third-order valence-corrected chi connectivity index (χ3v) is 6.78. The maximum absolute atomic E-state index is 12.8. The minimum Gasteiger partial charge on any atom is -0.383 e. The first kappa shape index (κ1) is 23.8. The van der Waals surface area contributed by atoms with Crippen molar-refractivity contribution < 1.29 is 14.3 Å². The molecule has 0 unspecified atom stereocenters. The monoisotopic (exact) mass is 485 g/mol. The van der Waals surface area contributed by atoms with Crippen molar-refractivity contribution in [3.8, 4) is 11.1 Å².